The highest BCUT2D eigenvalue weighted by Gasteiger charge is 2.25. The zero-order chi connectivity index (χ0) is 77.1. The van der Waals surface area contributed by atoms with E-state index in [1.54, 1.807) is 48.5 Å². The number of unbranched alkanes of at least 4 members (excludes halogenated alkanes) is 12. The van der Waals surface area contributed by atoms with Crippen LogP contribution in [0.15, 0.2) is 208 Å². The Hall–Kier alpha value is -12.2. The van der Waals surface area contributed by atoms with Crippen molar-refractivity contribution in [2.45, 2.75) is 109 Å². The van der Waals surface area contributed by atoms with Crippen molar-refractivity contribution >= 4 is 53.7 Å². The van der Waals surface area contributed by atoms with Crippen LogP contribution in [-0.2, 0) is 33.3 Å². The smallest absolute Gasteiger partial charge is 0.347 e. The van der Waals surface area contributed by atoms with E-state index >= 15 is 0 Å². The van der Waals surface area contributed by atoms with Crippen molar-refractivity contribution in [1.29, 1.82) is 0 Å². The molecule has 0 heterocycles. The lowest BCUT2D eigenvalue weighted by molar-refractivity contribution is -0.138. The van der Waals surface area contributed by atoms with Gasteiger partial charge in [0.15, 0.2) is 6.29 Å². The molecule has 0 unspecified atom stereocenters. The highest BCUT2D eigenvalue weighted by atomic mass is 16.6. The molecular formula is C84H88O24. The molecule has 0 fully saturated rings. The minimum absolute atomic E-state index is 0.0843. The van der Waals surface area contributed by atoms with Gasteiger partial charge in [-0.2, -0.15) is 0 Å². The molecular weight excluding hydrogens is 1390 g/mol. The first kappa shape index (κ1) is 83.1. The third kappa shape index (κ3) is 30.1. The van der Waals surface area contributed by atoms with Crippen LogP contribution in [0.1, 0.15) is 165 Å². The molecule has 0 aliphatic heterocycles. The van der Waals surface area contributed by atoms with Crippen LogP contribution in [0.25, 0.3) is 0 Å². The second-order valence-corrected chi connectivity index (χ2v) is 23.9. The minimum atomic E-state index is -1.06. The first-order valence-electron chi connectivity index (χ1n) is 35.4. The summed E-state index contributed by atoms with van der Waals surface area (Å²) in [6.07, 6.45) is 16.2. The summed E-state index contributed by atoms with van der Waals surface area (Å²) in [5.41, 5.74) is -0.174. The Morgan fingerprint density at radius 2 is 0.519 bits per heavy atom. The van der Waals surface area contributed by atoms with Crippen molar-refractivity contribution in [2.24, 2.45) is 0 Å². The summed E-state index contributed by atoms with van der Waals surface area (Å²) in [5.74, 6) is -5.76. The molecule has 0 aliphatic rings. The number of hydrogen-bond donors (Lipinski definition) is 1. The van der Waals surface area contributed by atoms with Crippen molar-refractivity contribution in [3.8, 4) is 57.5 Å². The van der Waals surface area contributed by atoms with Crippen LogP contribution in [-0.4, -0.2) is 118 Å². The fourth-order valence-corrected chi connectivity index (χ4v) is 9.90. The fraction of sp³-hybridized carbons (Fsp3) is 0.298. The van der Waals surface area contributed by atoms with Crippen molar-refractivity contribution in [2.75, 3.05) is 52.9 Å². The third-order valence-electron chi connectivity index (χ3n) is 15.7. The number of carbonyl (C=O) groups excluding carboxylic acids is 9. The van der Waals surface area contributed by atoms with E-state index in [1.165, 1.54) is 115 Å². The number of hydrogen-bond acceptors (Lipinski definition) is 24. The predicted octanol–water partition coefficient (Wildman–Crippen LogP) is 15.5. The monoisotopic (exact) mass is 1480 g/mol. The molecule has 0 radical (unpaired) electrons. The quantitative estimate of drug-likeness (QED) is 0.00704. The topological polar surface area (TPSA) is 303 Å². The summed E-state index contributed by atoms with van der Waals surface area (Å²) in [4.78, 5) is 117. The number of benzene rings is 7. The molecule has 24 nitrogen and oxygen atoms in total. The SMILES string of the molecule is C=CC(=O)OCCCCCCOc1ccc(C(=O)Oc2ccc(OC(=O)c3ccc(OCCCCCCOC(=O)C=C)cc3)c(C(=O)Oc3ccc(OC(=O)c4cc(OC(=O)c5ccc(OCCCCCCOC(=O)C=C)cc5)ccc4OC(=O)c4ccc(OCCCCCCO[C@@H](O)C=C)cc4)cc3)c2)cc1. The van der Waals surface area contributed by atoms with Gasteiger partial charge >= 0.3 is 53.7 Å². The van der Waals surface area contributed by atoms with E-state index in [-0.39, 0.29) is 67.9 Å². The molecule has 7 rings (SSSR count). The van der Waals surface area contributed by atoms with E-state index in [0.29, 0.717) is 95.1 Å². The molecule has 7 aromatic carbocycles. The van der Waals surface area contributed by atoms with Gasteiger partial charge in [-0.15, -0.1) is 0 Å². The second-order valence-electron chi connectivity index (χ2n) is 23.9. The molecule has 1 N–H and O–H groups in total. The summed E-state index contributed by atoms with van der Waals surface area (Å²) in [7, 11) is 0. The van der Waals surface area contributed by atoms with Crippen LogP contribution in [0.2, 0.25) is 0 Å². The van der Waals surface area contributed by atoms with Gasteiger partial charge in [-0.1, -0.05) is 32.7 Å². The van der Waals surface area contributed by atoms with Crippen molar-refractivity contribution in [3.63, 3.8) is 0 Å². The lowest BCUT2D eigenvalue weighted by Gasteiger charge is -2.14. The zero-order valence-corrected chi connectivity index (χ0v) is 60.0. The molecule has 7 aromatic rings. The van der Waals surface area contributed by atoms with E-state index in [0.717, 1.165) is 102 Å². The molecule has 108 heavy (non-hydrogen) atoms. The molecule has 0 saturated heterocycles. The van der Waals surface area contributed by atoms with Crippen molar-refractivity contribution < 1.29 is 115 Å². The van der Waals surface area contributed by atoms with E-state index in [2.05, 4.69) is 26.3 Å². The van der Waals surface area contributed by atoms with Gasteiger partial charge < -0.3 is 71.4 Å². The minimum Gasteiger partial charge on any atom is -0.494 e. The third-order valence-corrected chi connectivity index (χ3v) is 15.7. The summed E-state index contributed by atoms with van der Waals surface area (Å²) in [6, 6.07) is 37.5. The normalized spacial score (nSPS) is 10.9. The lowest BCUT2D eigenvalue weighted by Crippen LogP contribution is -2.16. The maximum Gasteiger partial charge on any atom is 0.347 e. The number of rotatable bonds is 49. The highest BCUT2D eigenvalue weighted by molar-refractivity contribution is 6.00. The number of aliphatic hydroxyl groups excluding tert-OH is 1. The molecule has 1 atom stereocenters. The molecule has 0 aromatic heterocycles. The Balaban J connectivity index is 1.03. The maximum atomic E-state index is 14.3. The predicted molar refractivity (Wildman–Crippen MR) is 396 cm³/mol. The van der Waals surface area contributed by atoms with Gasteiger partial charge in [0.1, 0.15) is 68.6 Å². The standard InChI is InChI=1S/C84H88O24/c1-5-75(85)99-53-21-13-9-17-49-95-63-33-25-59(26-34-63)79(89)105-69-45-47-73(107-81(91)61-29-37-65(38-30-61)97-51-19-11-15-23-55-101-77(87)7-3)71(57-69)83(93)103-67-41-43-68(44-42-67)104-84(94)72-58-70(106-80(90)60-27-35-64(36-28-60)96-50-18-10-14-22-54-100-76(86)6-2)46-48-74(72)108-82(92)62-31-39-66(40-32-62)98-52-20-12-16-24-56-102-78(88)8-4/h5-8,25-48,57-58,77,87H,1-4,9-24,49-56H2/t77-/m1/s1. The van der Waals surface area contributed by atoms with Crippen molar-refractivity contribution in [1.82, 2.24) is 0 Å². The van der Waals surface area contributed by atoms with Crippen LogP contribution in [0.3, 0.4) is 0 Å². The van der Waals surface area contributed by atoms with E-state index in [1.807, 2.05) is 0 Å². The van der Waals surface area contributed by atoms with E-state index in [4.69, 9.17) is 66.3 Å². The summed E-state index contributed by atoms with van der Waals surface area (Å²) in [6.45, 7) is 16.6. The number of carbonyl (C=O) groups is 9. The van der Waals surface area contributed by atoms with E-state index < -0.39 is 60.0 Å². The second kappa shape index (κ2) is 46.6. The van der Waals surface area contributed by atoms with Crippen LogP contribution >= 0.6 is 0 Å². The van der Waals surface area contributed by atoms with Crippen LogP contribution in [0.4, 0.5) is 0 Å². The number of aliphatic hydroxyl groups is 1. The Morgan fingerprint density at radius 1 is 0.278 bits per heavy atom. The molecule has 0 spiro atoms. The van der Waals surface area contributed by atoms with Crippen LogP contribution in [0, 0.1) is 0 Å². The highest BCUT2D eigenvalue weighted by Crippen LogP contribution is 2.32. The number of esters is 9. The maximum absolute atomic E-state index is 14.3. The molecule has 0 saturated carbocycles. The molecule has 0 bridgehead atoms. The van der Waals surface area contributed by atoms with Gasteiger partial charge in [-0.25, -0.2) is 43.2 Å². The van der Waals surface area contributed by atoms with E-state index in [9.17, 15) is 48.3 Å². The average molecular weight is 1480 g/mol. The van der Waals surface area contributed by atoms with Gasteiger partial charge in [-0.05, 0) is 260 Å². The molecule has 24 heteroatoms. The molecule has 0 amide bonds. The van der Waals surface area contributed by atoms with Crippen molar-refractivity contribution in [3.05, 3.63) is 242 Å². The largest absolute Gasteiger partial charge is 0.494 e. The lowest BCUT2D eigenvalue weighted by atomic mass is 10.1. The number of ether oxygens (including phenoxy) is 14. The summed E-state index contributed by atoms with van der Waals surface area (Å²) in [5, 5.41) is 9.48. The first-order chi connectivity index (χ1) is 52.5. The Bertz CT molecular complexity index is 4110. The van der Waals surface area contributed by atoms with Gasteiger partial charge in [0.05, 0.1) is 75.1 Å². The Labute approximate surface area is 626 Å². The van der Waals surface area contributed by atoms with Gasteiger partial charge in [0.2, 0.25) is 0 Å². The molecule has 0 aliphatic carbocycles. The van der Waals surface area contributed by atoms with Gasteiger partial charge in [-0.3, -0.25) is 0 Å². The average Bonchev–Trinajstić information content (AvgIpc) is 0.819. The van der Waals surface area contributed by atoms with Crippen LogP contribution < -0.4 is 47.4 Å². The Kier molecular flexibility index (Phi) is 35.9. The molecule has 568 valence electrons. The van der Waals surface area contributed by atoms with Crippen LogP contribution in [0.5, 0.6) is 57.5 Å². The Morgan fingerprint density at radius 3 is 0.796 bits per heavy atom. The first-order valence-corrected chi connectivity index (χ1v) is 35.4. The summed E-state index contributed by atoms with van der Waals surface area (Å²) < 4.78 is 78.2. The van der Waals surface area contributed by atoms with Gasteiger partial charge in [0, 0.05) is 18.2 Å². The summed E-state index contributed by atoms with van der Waals surface area (Å²) >= 11 is 0. The zero-order valence-electron chi connectivity index (χ0n) is 60.0. The fourth-order valence-electron chi connectivity index (χ4n) is 9.90. The van der Waals surface area contributed by atoms with Gasteiger partial charge in [0.25, 0.3) is 0 Å².